The molecule has 0 aliphatic heterocycles. The van der Waals surface area contributed by atoms with Crippen LogP contribution in [0.1, 0.15) is 16.7 Å². The van der Waals surface area contributed by atoms with Gasteiger partial charge in [0.25, 0.3) is 0 Å². The molecule has 0 amide bonds. The molecule has 2 N–H and O–H groups in total. The molecule has 0 saturated carbocycles. The molecular weight excluding hydrogens is 422 g/mol. The molecule has 0 aliphatic carbocycles. The van der Waals surface area contributed by atoms with Gasteiger partial charge in [0.05, 0.1) is 33.5 Å². The summed E-state index contributed by atoms with van der Waals surface area (Å²) in [5.74, 6) is 1.39. The van der Waals surface area contributed by atoms with E-state index >= 15 is 0 Å². The Morgan fingerprint density at radius 1 is 0.788 bits per heavy atom. The van der Waals surface area contributed by atoms with Crippen molar-refractivity contribution in [3.63, 3.8) is 0 Å². The lowest BCUT2D eigenvalue weighted by atomic mass is 9.80. The number of aliphatic hydroxyl groups excluding tert-OH is 2. The Hall–Kier alpha value is -3.55. The molecule has 0 aromatic heterocycles. The van der Waals surface area contributed by atoms with Crippen LogP contribution in [0.5, 0.6) is 11.5 Å². The van der Waals surface area contributed by atoms with E-state index in [1.807, 2.05) is 78.9 Å². The van der Waals surface area contributed by atoms with Crippen molar-refractivity contribution in [2.75, 3.05) is 27.4 Å². The average Bonchev–Trinajstić information content (AvgIpc) is 2.88. The predicted octanol–water partition coefficient (Wildman–Crippen LogP) is 4.04. The van der Waals surface area contributed by atoms with Crippen LogP contribution in [0.25, 0.3) is 10.4 Å². The Morgan fingerprint density at radius 2 is 1.27 bits per heavy atom. The molecule has 33 heavy (non-hydrogen) atoms. The molecule has 0 unspecified atom stereocenters. The Balaban J connectivity index is 2.13. The second-order valence-corrected chi connectivity index (χ2v) is 7.36. The summed E-state index contributed by atoms with van der Waals surface area (Å²) in [4.78, 5) is 2.63. The fourth-order valence-electron chi connectivity index (χ4n) is 3.64. The van der Waals surface area contributed by atoms with Crippen molar-refractivity contribution in [2.24, 2.45) is 5.11 Å². The van der Waals surface area contributed by atoms with Crippen molar-refractivity contribution in [1.29, 1.82) is 0 Å². The van der Waals surface area contributed by atoms with E-state index in [4.69, 9.17) is 19.7 Å². The van der Waals surface area contributed by atoms with Gasteiger partial charge >= 0.3 is 0 Å². The summed E-state index contributed by atoms with van der Waals surface area (Å²) in [6.07, 6.45) is -2.53. The smallest absolute Gasteiger partial charge is 0.143 e. The minimum atomic E-state index is -1.27. The largest absolute Gasteiger partial charge is 0.497 e. The fraction of sp³-hybridized carbons (Fsp3) is 0.280. The van der Waals surface area contributed by atoms with E-state index in [2.05, 4.69) is 10.0 Å². The highest BCUT2D eigenvalue weighted by atomic mass is 16.5. The lowest BCUT2D eigenvalue weighted by Gasteiger charge is -2.37. The van der Waals surface area contributed by atoms with Crippen LogP contribution in [0.3, 0.4) is 0 Å². The van der Waals surface area contributed by atoms with Gasteiger partial charge in [0, 0.05) is 4.91 Å². The van der Waals surface area contributed by atoms with Crippen molar-refractivity contribution in [3.8, 4) is 11.5 Å². The summed E-state index contributed by atoms with van der Waals surface area (Å²) < 4.78 is 17.1. The molecule has 3 rings (SSSR count). The number of ether oxygens (including phenoxy) is 3. The Labute approximate surface area is 192 Å². The number of hydrogen-bond acceptors (Lipinski definition) is 6. The third-order valence-electron chi connectivity index (χ3n) is 5.42. The first-order chi connectivity index (χ1) is 16.0. The van der Waals surface area contributed by atoms with Crippen molar-refractivity contribution in [1.82, 2.24) is 0 Å². The van der Waals surface area contributed by atoms with Gasteiger partial charge < -0.3 is 24.4 Å². The van der Waals surface area contributed by atoms with Crippen LogP contribution in [0, 0.1) is 0 Å². The van der Waals surface area contributed by atoms with Crippen molar-refractivity contribution >= 4 is 0 Å². The summed E-state index contributed by atoms with van der Waals surface area (Å²) in [6.45, 7) is -0.473. The first-order valence-electron chi connectivity index (χ1n) is 10.4. The maximum atomic E-state index is 10.5. The van der Waals surface area contributed by atoms with E-state index in [0.29, 0.717) is 11.5 Å². The molecule has 3 aromatic carbocycles. The maximum absolute atomic E-state index is 10.5. The molecule has 0 aliphatic rings. The van der Waals surface area contributed by atoms with E-state index in [0.717, 1.165) is 16.7 Å². The summed E-state index contributed by atoms with van der Waals surface area (Å²) in [5, 5.41) is 24.0. The minimum Gasteiger partial charge on any atom is -0.497 e. The Morgan fingerprint density at radius 3 is 1.73 bits per heavy atom. The van der Waals surface area contributed by atoms with Gasteiger partial charge in [-0.2, -0.15) is 0 Å². The molecule has 0 heterocycles. The first-order valence-corrected chi connectivity index (χ1v) is 10.4. The number of azide groups is 1. The van der Waals surface area contributed by atoms with Gasteiger partial charge in [-0.05, 0) is 46.5 Å². The maximum Gasteiger partial charge on any atom is 0.143 e. The van der Waals surface area contributed by atoms with Gasteiger partial charge in [0.15, 0.2) is 0 Å². The number of nitrogens with zero attached hydrogens (tertiary/aromatic N) is 3. The molecule has 2 atom stereocenters. The molecule has 8 heteroatoms. The molecule has 8 nitrogen and oxygen atoms in total. The van der Waals surface area contributed by atoms with Crippen LogP contribution < -0.4 is 9.47 Å². The van der Waals surface area contributed by atoms with Crippen LogP contribution >= 0.6 is 0 Å². The zero-order chi connectivity index (χ0) is 23.7. The van der Waals surface area contributed by atoms with E-state index in [-0.39, 0.29) is 13.2 Å². The highest BCUT2D eigenvalue weighted by Gasteiger charge is 2.38. The number of methoxy groups -OCH3 is 2. The molecule has 0 radical (unpaired) electrons. The van der Waals surface area contributed by atoms with Crippen LogP contribution in [0.4, 0.5) is 0 Å². The second kappa shape index (κ2) is 11.4. The predicted molar refractivity (Wildman–Crippen MR) is 124 cm³/mol. The normalized spacial score (nSPS) is 13.0. The number of aliphatic hydroxyl groups is 2. The lowest BCUT2D eigenvalue weighted by molar-refractivity contribution is -0.0757. The van der Waals surface area contributed by atoms with Crippen molar-refractivity contribution < 1.29 is 24.4 Å². The minimum absolute atomic E-state index is 0.213. The van der Waals surface area contributed by atoms with Gasteiger partial charge in [0.2, 0.25) is 0 Å². The average molecular weight is 450 g/mol. The second-order valence-electron chi connectivity index (χ2n) is 7.36. The zero-order valence-corrected chi connectivity index (χ0v) is 18.5. The highest BCUT2D eigenvalue weighted by molar-refractivity contribution is 5.49. The van der Waals surface area contributed by atoms with Crippen LogP contribution in [-0.4, -0.2) is 49.8 Å². The summed E-state index contributed by atoms with van der Waals surface area (Å²) >= 11 is 0. The van der Waals surface area contributed by atoms with E-state index in [9.17, 15) is 10.2 Å². The molecule has 0 bridgehead atoms. The van der Waals surface area contributed by atoms with Gasteiger partial charge in [0.1, 0.15) is 23.2 Å². The third-order valence-corrected chi connectivity index (χ3v) is 5.42. The van der Waals surface area contributed by atoms with Crippen molar-refractivity contribution in [3.05, 3.63) is 106 Å². The Bertz CT molecular complexity index is 1000. The Kier molecular flexibility index (Phi) is 8.29. The molecule has 172 valence electrons. The summed E-state index contributed by atoms with van der Waals surface area (Å²) in [6, 6.07) is 24.6. The highest BCUT2D eigenvalue weighted by Crippen LogP contribution is 2.41. The number of hydrogen-bond donors (Lipinski definition) is 2. The zero-order valence-electron chi connectivity index (χ0n) is 18.5. The third kappa shape index (κ3) is 5.45. The molecule has 0 spiro atoms. The van der Waals surface area contributed by atoms with Gasteiger partial charge in [-0.1, -0.05) is 59.7 Å². The topological polar surface area (TPSA) is 117 Å². The van der Waals surface area contributed by atoms with E-state index < -0.39 is 17.8 Å². The molecule has 0 saturated heterocycles. The van der Waals surface area contributed by atoms with Crippen LogP contribution in [0.2, 0.25) is 0 Å². The van der Waals surface area contributed by atoms with Crippen LogP contribution in [0.15, 0.2) is 84.0 Å². The summed E-state index contributed by atoms with van der Waals surface area (Å²) in [7, 11) is 3.20. The SMILES string of the molecule is COc1ccc(C(OC[C@H](O)[C@@H](O)CN=[N+]=[N-])(c2ccccc2)c2ccc(OC)cc2)cc1. The fourth-order valence-corrected chi connectivity index (χ4v) is 3.64. The quantitative estimate of drug-likeness (QED) is 0.198. The van der Waals surface area contributed by atoms with E-state index in [1.54, 1.807) is 14.2 Å². The monoisotopic (exact) mass is 449 g/mol. The number of benzene rings is 3. The van der Waals surface area contributed by atoms with Crippen LogP contribution in [-0.2, 0) is 10.3 Å². The van der Waals surface area contributed by atoms with Gasteiger partial charge in [-0.3, -0.25) is 0 Å². The van der Waals surface area contributed by atoms with E-state index in [1.165, 1.54) is 0 Å². The first kappa shape index (κ1) is 24.1. The molecule has 3 aromatic rings. The molecule has 0 fully saturated rings. The lowest BCUT2D eigenvalue weighted by Crippen LogP contribution is -2.39. The van der Waals surface area contributed by atoms with Crippen molar-refractivity contribution in [2.45, 2.75) is 17.8 Å². The standard InChI is InChI=1S/C25H27N3O5/c1-31-21-12-8-19(9-13-21)25(18-6-4-3-5-7-18,20-10-14-22(32-2)15-11-20)33-17-24(30)23(29)16-27-28-26/h3-15,23-24,29-30H,16-17H2,1-2H3/t23-,24-/m0/s1. The van der Waals surface area contributed by atoms with Gasteiger partial charge in [-0.15, -0.1) is 0 Å². The summed E-state index contributed by atoms with van der Waals surface area (Å²) in [5.41, 5.74) is 9.82. The number of rotatable bonds is 11. The van der Waals surface area contributed by atoms with Gasteiger partial charge in [-0.25, -0.2) is 0 Å². The molecular formula is C25H27N3O5.